The van der Waals surface area contributed by atoms with Crippen LogP contribution < -0.4 is 0 Å². The molecule has 1 aromatic rings. The van der Waals surface area contributed by atoms with Gasteiger partial charge in [0, 0.05) is 30.2 Å². The Morgan fingerprint density at radius 2 is 2.28 bits per heavy atom. The van der Waals surface area contributed by atoms with E-state index in [-0.39, 0.29) is 0 Å². The molecule has 1 saturated heterocycles. The Kier molecular flexibility index (Phi) is 5.25. The first-order valence-electron chi connectivity index (χ1n) is 7.04. The largest absolute Gasteiger partial charge is 0.294 e. The highest BCUT2D eigenvalue weighted by Gasteiger charge is 2.22. The van der Waals surface area contributed by atoms with Gasteiger partial charge in [0.15, 0.2) is 0 Å². The summed E-state index contributed by atoms with van der Waals surface area (Å²) in [5.74, 6) is 0. The van der Waals surface area contributed by atoms with E-state index in [4.69, 9.17) is 0 Å². The molecule has 18 heavy (non-hydrogen) atoms. The van der Waals surface area contributed by atoms with Gasteiger partial charge in [0.2, 0.25) is 0 Å². The molecule has 2 heterocycles. The molecule has 0 N–H and O–H groups in total. The van der Waals surface area contributed by atoms with Gasteiger partial charge in [0.05, 0.1) is 5.69 Å². The van der Waals surface area contributed by atoms with E-state index in [1.54, 1.807) is 0 Å². The Morgan fingerprint density at radius 3 is 2.94 bits per heavy atom. The Labute approximate surface area is 119 Å². The lowest BCUT2D eigenvalue weighted by molar-refractivity contribution is 0.135. The molecule has 2 rings (SSSR count). The third-order valence-corrected chi connectivity index (χ3v) is 4.21. The van der Waals surface area contributed by atoms with Crippen LogP contribution in [0.1, 0.15) is 51.3 Å². The van der Waals surface area contributed by atoms with E-state index in [0.29, 0.717) is 6.04 Å². The summed E-state index contributed by atoms with van der Waals surface area (Å²) in [4.78, 5) is 2.61. The van der Waals surface area contributed by atoms with Crippen molar-refractivity contribution in [2.24, 2.45) is 0 Å². The molecule has 0 bridgehead atoms. The molecular weight excluding hydrogens is 290 g/mol. The van der Waals surface area contributed by atoms with Crippen LogP contribution in [0.5, 0.6) is 0 Å². The van der Waals surface area contributed by atoms with Crippen molar-refractivity contribution in [1.29, 1.82) is 0 Å². The summed E-state index contributed by atoms with van der Waals surface area (Å²) < 4.78 is 2.05. The number of hydrogen-bond acceptors (Lipinski definition) is 2. The molecule has 0 radical (unpaired) electrons. The van der Waals surface area contributed by atoms with Crippen molar-refractivity contribution in [3.63, 3.8) is 0 Å². The second kappa shape index (κ2) is 6.71. The lowest BCUT2D eigenvalue weighted by atomic mass is 10.00. The van der Waals surface area contributed by atoms with Crippen molar-refractivity contribution in [3.8, 4) is 0 Å². The summed E-state index contributed by atoms with van der Waals surface area (Å²) >= 11 is 3.57. The molecule has 3 nitrogen and oxygen atoms in total. The van der Waals surface area contributed by atoms with Gasteiger partial charge in [-0.15, -0.1) is 0 Å². The van der Waals surface area contributed by atoms with Crippen molar-refractivity contribution in [3.05, 3.63) is 18.0 Å². The summed E-state index contributed by atoms with van der Waals surface area (Å²) in [7, 11) is 0. The number of piperidine rings is 1. The first kappa shape index (κ1) is 14.1. The highest BCUT2D eigenvalue weighted by atomic mass is 79.9. The quantitative estimate of drug-likeness (QED) is 0.774. The maximum Gasteiger partial charge on any atom is 0.0764 e. The summed E-state index contributed by atoms with van der Waals surface area (Å²) in [5.41, 5.74) is 1.21. The number of halogens is 1. The van der Waals surface area contributed by atoms with E-state index >= 15 is 0 Å². The minimum absolute atomic E-state index is 0.457. The van der Waals surface area contributed by atoms with Crippen LogP contribution in [0.25, 0.3) is 0 Å². The summed E-state index contributed by atoms with van der Waals surface area (Å²) in [5, 5.41) is 5.77. The van der Waals surface area contributed by atoms with Crippen molar-refractivity contribution >= 4 is 15.9 Å². The lowest BCUT2D eigenvalue weighted by Gasteiger charge is -2.35. The maximum absolute atomic E-state index is 4.66. The van der Waals surface area contributed by atoms with Gasteiger partial charge in [0.1, 0.15) is 0 Å². The van der Waals surface area contributed by atoms with Gasteiger partial charge in [-0.25, -0.2) is 0 Å². The van der Waals surface area contributed by atoms with E-state index in [1.807, 2.05) is 0 Å². The van der Waals surface area contributed by atoms with Crippen molar-refractivity contribution in [2.75, 3.05) is 11.9 Å². The molecule has 1 fully saturated rings. The second-order valence-electron chi connectivity index (χ2n) is 5.48. The Morgan fingerprint density at radius 1 is 1.44 bits per heavy atom. The maximum atomic E-state index is 4.66. The number of aromatic nitrogens is 2. The van der Waals surface area contributed by atoms with Crippen LogP contribution >= 0.6 is 15.9 Å². The number of alkyl halides is 1. The van der Waals surface area contributed by atoms with Crippen LogP contribution in [0.4, 0.5) is 0 Å². The molecular formula is C14H24BrN3. The predicted octanol–water partition coefficient (Wildman–Crippen LogP) is 3.60. The van der Waals surface area contributed by atoms with Gasteiger partial charge in [0.25, 0.3) is 0 Å². The normalized spacial score (nSPS) is 21.7. The van der Waals surface area contributed by atoms with Gasteiger partial charge < -0.3 is 0 Å². The lowest BCUT2D eigenvalue weighted by Crippen LogP contribution is -2.39. The van der Waals surface area contributed by atoms with Crippen LogP contribution in [-0.4, -0.2) is 32.6 Å². The fraction of sp³-hybridized carbons (Fsp3) is 0.786. The van der Waals surface area contributed by atoms with Crippen LogP contribution in [0, 0.1) is 0 Å². The minimum Gasteiger partial charge on any atom is -0.294 e. The fourth-order valence-electron chi connectivity index (χ4n) is 2.68. The van der Waals surface area contributed by atoms with Gasteiger partial charge >= 0.3 is 0 Å². The summed E-state index contributed by atoms with van der Waals surface area (Å²) in [6.07, 6.45) is 7.42. The number of hydrogen-bond donors (Lipinski definition) is 0. The summed E-state index contributed by atoms with van der Waals surface area (Å²) in [6.45, 7) is 6.58. The Balaban J connectivity index is 1.97. The molecule has 1 aromatic heterocycles. The van der Waals surface area contributed by atoms with Gasteiger partial charge in [-0.05, 0) is 45.7 Å². The molecule has 0 aliphatic carbocycles. The highest BCUT2D eigenvalue weighted by molar-refractivity contribution is 9.09. The molecule has 1 aliphatic rings. The standard InChI is InChI=1S/C14H24BrN3/c1-12(2)18-10-7-13(16-18)11-17-9-4-3-5-14(17)6-8-15/h7,10,12,14H,3-6,8-9,11H2,1-2H3. The molecule has 1 atom stereocenters. The van der Waals surface area contributed by atoms with Crippen LogP contribution in [-0.2, 0) is 6.54 Å². The highest BCUT2D eigenvalue weighted by Crippen LogP contribution is 2.22. The van der Waals surface area contributed by atoms with Crippen molar-refractivity contribution in [1.82, 2.24) is 14.7 Å². The van der Waals surface area contributed by atoms with E-state index in [2.05, 4.69) is 56.7 Å². The number of likely N-dealkylation sites (tertiary alicyclic amines) is 1. The van der Waals surface area contributed by atoms with E-state index in [0.717, 1.165) is 17.9 Å². The van der Waals surface area contributed by atoms with Gasteiger partial charge in [-0.3, -0.25) is 9.58 Å². The molecule has 102 valence electrons. The third kappa shape index (κ3) is 3.58. The fourth-order valence-corrected chi connectivity index (χ4v) is 3.21. The van der Waals surface area contributed by atoms with Crippen LogP contribution in [0.2, 0.25) is 0 Å². The molecule has 0 amide bonds. The van der Waals surface area contributed by atoms with E-state index in [1.165, 1.54) is 37.9 Å². The molecule has 4 heteroatoms. The topological polar surface area (TPSA) is 21.1 Å². The average molecular weight is 314 g/mol. The average Bonchev–Trinajstić information content (AvgIpc) is 2.81. The molecule has 1 aliphatic heterocycles. The van der Waals surface area contributed by atoms with E-state index < -0.39 is 0 Å². The van der Waals surface area contributed by atoms with Crippen LogP contribution in [0.15, 0.2) is 12.3 Å². The first-order valence-corrected chi connectivity index (χ1v) is 8.17. The zero-order chi connectivity index (χ0) is 13.0. The first-order chi connectivity index (χ1) is 8.70. The monoisotopic (exact) mass is 313 g/mol. The van der Waals surface area contributed by atoms with Crippen molar-refractivity contribution < 1.29 is 0 Å². The van der Waals surface area contributed by atoms with Crippen molar-refractivity contribution in [2.45, 2.75) is 58.2 Å². The van der Waals surface area contributed by atoms with Gasteiger partial charge in [-0.1, -0.05) is 22.4 Å². The number of nitrogens with zero attached hydrogens (tertiary/aromatic N) is 3. The smallest absolute Gasteiger partial charge is 0.0764 e. The molecule has 0 spiro atoms. The zero-order valence-corrected chi connectivity index (χ0v) is 13.1. The van der Waals surface area contributed by atoms with Crippen LogP contribution in [0.3, 0.4) is 0 Å². The Hall–Kier alpha value is -0.350. The summed E-state index contributed by atoms with van der Waals surface area (Å²) in [6, 6.07) is 3.36. The third-order valence-electron chi connectivity index (χ3n) is 3.75. The second-order valence-corrected chi connectivity index (χ2v) is 6.27. The molecule has 1 unspecified atom stereocenters. The Bertz CT molecular complexity index is 360. The SMILES string of the molecule is CC(C)n1ccc(CN2CCCCC2CCBr)n1. The number of rotatable bonds is 5. The molecule has 0 aromatic carbocycles. The van der Waals surface area contributed by atoms with E-state index in [9.17, 15) is 0 Å². The molecule has 0 saturated carbocycles. The predicted molar refractivity (Wildman–Crippen MR) is 79.1 cm³/mol. The minimum atomic E-state index is 0.457. The zero-order valence-electron chi connectivity index (χ0n) is 11.5. The van der Waals surface area contributed by atoms with Gasteiger partial charge in [-0.2, -0.15) is 5.10 Å².